The summed E-state index contributed by atoms with van der Waals surface area (Å²) in [4.78, 5) is 12.0. The normalized spacial score (nSPS) is 10.2. The summed E-state index contributed by atoms with van der Waals surface area (Å²) in [6.45, 7) is 0.509. The molecule has 0 radical (unpaired) electrons. The van der Waals surface area contributed by atoms with Gasteiger partial charge in [-0.05, 0) is 30.7 Å². The highest BCUT2D eigenvalue weighted by Gasteiger charge is 2.05. The van der Waals surface area contributed by atoms with Gasteiger partial charge in [0.2, 0.25) is 0 Å². The molecule has 0 bridgehead atoms. The zero-order chi connectivity index (χ0) is 15.1. The van der Waals surface area contributed by atoms with Crippen molar-refractivity contribution in [3.63, 3.8) is 0 Å². The SMILES string of the molecule is COc1cccc(OCCCC(=O)c2ccc(Br)cc2)c1. The lowest BCUT2D eigenvalue weighted by atomic mass is 10.1. The number of ketones is 1. The van der Waals surface area contributed by atoms with E-state index in [1.165, 1.54) is 0 Å². The Morgan fingerprint density at radius 3 is 2.52 bits per heavy atom. The molecule has 0 saturated heterocycles. The average molecular weight is 349 g/mol. The first-order chi connectivity index (χ1) is 10.2. The summed E-state index contributed by atoms with van der Waals surface area (Å²) in [6.07, 6.45) is 1.16. The van der Waals surface area contributed by atoms with Crippen molar-refractivity contribution in [3.8, 4) is 11.5 Å². The van der Waals surface area contributed by atoms with Crippen molar-refractivity contribution in [1.82, 2.24) is 0 Å². The predicted octanol–water partition coefficient (Wildman–Crippen LogP) is 4.50. The molecular weight excluding hydrogens is 332 g/mol. The van der Waals surface area contributed by atoms with E-state index in [4.69, 9.17) is 9.47 Å². The summed E-state index contributed by atoms with van der Waals surface area (Å²) >= 11 is 3.35. The molecule has 2 aromatic rings. The molecule has 110 valence electrons. The molecule has 0 aliphatic heterocycles. The topological polar surface area (TPSA) is 35.5 Å². The molecule has 21 heavy (non-hydrogen) atoms. The maximum Gasteiger partial charge on any atom is 0.163 e. The van der Waals surface area contributed by atoms with Crippen LogP contribution in [0.2, 0.25) is 0 Å². The number of carbonyl (C=O) groups excluding carboxylic acids is 1. The van der Waals surface area contributed by atoms with Crippen LogP contribution in [0.1, 0.15) is 23.2 Å². The van der Waals surface area contributed by atoms with E-state index < -0.39 is 0 Å². The fraction of sp³-hybridized carbons (Fsp3) is 0.235. The summed E-state index contributed by atoms with van der Waals surface area (Å²) in [7, 11) is 1.62. The summed E-state index contributed by atoms with van der Waals surface area (Å²) < 4.78 is 11.7. The monoisotopic (exact) mass is 348 g/mol. The van der Waals surface area contributed by atoms with Crippen LogP contribution in [0.4, 0.5) is 0 Å². The lowest BCUT2D eigenvalue weighted by Crippen LogP contribution is -2.03. The Balaban J connectivity index is 1.76. The molecule has 0 heterocycles. The molecule has 4 heteroatoms. The van der Waals surface area contributed by atoms with E-state index in [1.807, 2.05) is 48.5 Å². The lowest BCUT2D eigenvalue weighted by Gasteiger charge is -2.07. The number of hydrogen-bond donors (Lipinski definition) is 0. The lowest BCUT2D eigenvalue weighted by molar-refractivity contribution is 0.0973. The van der Waals surface area contributed by atoms with Crippen LogP contribution in [0.25, 0.3) is 0 Å². The highest BCUT2D eigenvalue weighted by molar-refractivity contribution is 9.10. The van der Waals surface area contributed by atoms with Crippen molar-refractivity contribution in [2.24, 2.45) is 0 Å². The number of carbonyl (C=O) groups is 1. The molecule has 0 aliphatic carbocycles. The Labute approximate surface area is 133 Å². The van der Waals surface area contributed by atoms with E-state index in [0.29, 0.717) is 19.4 Å². The number of halogens is 1. The van der Waals surface area contributed by atoms with Crippen LogP contribution in [0.5, 0.6) is 11.5 Å². The third-order valence-corrected chi connectivity index (χ3v) is 3.55. The first-order valence-corrected chi connectivity index (χ1v) is 7.54. The molecule has 0 unspecified atom stereocenters. The van der Waals surface area contributed by atoms with Crippen molar-refractivity contribution >= 4 is 21.7 Å². The minimum absolute atomic E-state index is 0.136. The Hall–Kier alpha value is -1.81. The van der Waals surface area contributed by atoms with Crippen LogP contribution in [0, 0.1) is 0 Å². The van der Waals surface area contributed by atoms with Gasteiger partial charge in [-0.3, -0.25) is 4.79 Å². The van der Waals surface area contributed by atoms with Crippen LogP contribution in [-0.4, -0.2) is 19.5 Å². The molecule has 0 spiro atoms. The highest BCUT2D eigenvalue weighted by atomic mass is 79.9. The Kier molecular flexibility index (Phi) is 5.81. The van der Waals surface area contributed by atoms with Crippen LogP contribution in [-0.2, 0) is 0 Å². The van der Waals surface area contributed by atoms with Crippen LogP contribution in [0.15, 0.2) is 53.0 Å². The van der Waals surface area contributed by atoms with Gasteiger partial charge in [0.05, 0.1) is 13.7 Å². The highest BCUT2D eigenvalue weighted by Crippen LogP contribution is 2.19. The molecule has 0 N–H and O–H groups in total. The van der Waals surface area contributed by atoms with E-state index in [9.17, 15) is 4.79 Å². The molecule has 0 aliphatic rings. The fourth-order valence-electron chi connectivity index (χ4n) is 1.89. The summed E-state index contributed by atoms with van der Waals surface area (Å²) in [5, 5.41) is 0. The maximum atomic E-state index is 12.0. The zero-order valence-corrected chi connectivity index (χ0v) is 13.4. The standard InChI is InChI=1S/C17H17BrO3/c1-20-15-4-2-5-16(12-15)21-11-3-6-17(19)13-7-9-14(18)10-8-13/h2,4-5,7-10,12H,3,6,11H2,1H3. The quantitative estimate of drug-likeness (QED) is 0.545. The Morgan fingerprint density at radius 1 is 1.10 bits per heavy atom. The predicted molar refractivity (Wildman–Crippen MR) is 86.2 cm³/mol. The second-order valence-corrected chi connectivity index (χ2v) is 5.48. The van der Waals surface area contributed by atoms with Crippen LogP contribution >= 0.6 is 15.9 Å². The minimum atomic E-state index is 0.136. The molecule has 0 saturated carbocycles. The Morgan fingerprint density at radius 2 is 1.81 bits per heavy atom. The second-order valence-electron chi connectivity index (χ2n) is 4.56. The molecule has 2 rings (SSSR count). The van der Waals surface area contributed by atoms with Crippen molar-refractivity contribution in [3.05, 3.63) is 58.6 Å². The van der Waals surface area contributed by atoms with E-state index in [-0.39, 0.29) is 5.78 Å². The zero-order valence-electron chi connectivity index (χ0n) is 11.8. The van der Waals surface area contributed by atoms with E-state index in [0.717, 1.165) is 21.5 Å². The van der Waals surface area contributed by atoms with Gasteiger partial charge in [0, 0.05) is 22.5 Å². The van der Waals surface area contributed by atoms with Crippen molar-refractivity contribution in [1.29, 1.82) is 0 Å². The average Bonchev–Trinajstić information content (AvgIpc) is 2.52. The summed E-state index contributed by atoms with van der Waals surface area (Å²) in [5.41, 5.74) is 0.736. The Bertz CT molecular complexity index is 593. The number of hydrogen-bond acceptors (Lipinski definition) is 3. The van der Waals surface area contributed by atoms with Gasteiger partial charge in [0.1, 0.15) is 11.5 Å². The van der Waals surface area contributed by atoms with E-state index in [1.54, 1.807) is 7.11 Å². The molecule has 0 aromatic heterocycles. The number of rotatable bonds is 7. The number of benzene rings is 2. The fourth-order valence-corrected chi connectivity index (χ4v) is 2.16. The second kappa shape index (κ2) is 7.84. The van der Waals surface area contributed by atoms with Gasteiger partial charge in [-0.25, -0.2) is 0 Å². The number of Topliss-reactive ketones (excluding diaryl/α,β-unsaturated/α-hetero) is 1. The van der Waals surface area contributed by atoms with Gasteiger partial charge in [0.15, 0.2) is 5.78 Å². The third-order valence-electron chi connectivity index (χ3n) is 3.02. The van der Waals surface area contributed by atoms with Crippen LogP contribution < -0.4 is 9.47 Å². The van der Waals surface area contributed by atoms with Crippen molar-refractivity contribution < 1.29 is 14.3 Å². The van der Waals surface area contributed by atoms with Gasteiger partial charge in [0.25, 0.3) is 0 Å². The largest absolute Gasteiger partial charge is 0.497 e. The maximum absolute atomic E-state index is 12.0. The van der Waals surface area contributed by atoms with Gasteiger partial charge in [-0.15, -0.1) is 0 Å². The molecule has 0 amide bonds. The van der Waals surface area contributed by atoms with Gasteiger partial charge >= 0.3 is 0 Å². The molecule has 0 fully saturated rings. The first-order valence-electron chi connectivity index (χ1n) is 6.74. The van der Waals surface area contributed by atoms with Gasteiger partial charge in [-0.1, -0.05) is 34.1 Å². The third kappa shape index (κ3) is 4.90. The van der Waals surface area contributed by atoms with Gasteiger partial charge in [-0.2, -0.15) is 0 Å². The molecule has 0 atom stereocenters. The summed E-state index contributed by atoms with van der Waals surface area (Å²) in [5.74, 6) is 1.65. The molecule has 3 nitrogen and oxygen atoms in total. The smallest absolute Gasteiger partial charge is 0.163 e. The van der Waals surface area contributed by atoms with Crippen LogP contribution in [0.3, 0.4) is 0 Å². The van der Waals surface area contributed by atoms with Crippen molar-refractivity contribution in [2.45, 2.75) is 12.8 Å². The first kappa shape index (κ1) is 15.6. The molecule has 2 aromatic carbocycles. The van der Waals surface area contributed by atoms with E-state index >= 15 is 0 Å². The number of methoxy groups -OCH3 is 1. The van der Waals surface area contributed by atoms with Gasteiger partial charge < -0.3 is 9.47 Å². The minimum Gasteiger partial charge on any atom is -0.497 e. The summed E-state index contributed by atoms with van der Waals surface area (Å²) in [6, 6.07) is 14.9. The number of ether oxygens (including phenoxy) is 2. The molecular formula is C17H17BrO3. The van der Waals surface area contributed by atoms with E-state index in [2.05, 4.69) is 15.9 Å². The van der Waals surface area contributed by atoms with Crippen molar-refractivity contribution in [2.75, 3.05) is 13.7 Å².